The minimum absolute atomic E-state index is 0.0151. The zero-order chi connectivity index (χ0) is 15.5. The molecule has 1 saturated heterocycles. The van der Waals surface area contributed by atoms with Gasteiger partial charge in [0.15, 0.2) is 0 Å². The average molecular weight is 318 g/mol. The molecule has 0 unspecified atom stereocenters. The third-order valence-corrected chi connectivity index (χ3v) is 4.76. The Labute approximate surface area is 132 Å². The van der Waals surface area contributed by atoms with Crippen molar-refractivity contribution >= 4 is 17.2 Å². The summed E-state index contributed by atoms with van der Waals surface area (Å²) < 4.78 is 1.64. The van der Waals surface area contributed by atoms with E-state index in [1.165, 1.54) is 23.6 Å². The molecule has 0 spiro atoms. The first-order valence-electron chi connectivity index (χ1n) is 7.35. The van der Waals surface area contributed by atoms with E-state index in [2.05, 4.69) is 9.97 Å². The smallest absolute Gasteiger partial charge is 0.273 e. The van der Waals surface area contributed by atoms with Crippen molar-refractivity contribution in [2.75, 3.05) is 13.1 Å². The third kappa shape index (κ3) is 3.24. The van der Waals surface area contributed by atoms with Crippen molar-refractivity contribution < 1.29 is 4.79 Å². The molecule has 1 aliphatic heterocycles. The monoisotopic (exact) mass is 318 g/mol. The van der Waals surface area contributed by atoms with Crippen LogP contribution in [0.4, 0.5) is 0 Å². The van der Waals surface area contributed by atoms with Crippen molar-refractivity contribution in [3.05, 3.63) is 45.0 Å². The molecule has 22 heavy (non-hydrogen) atoms. The molecule has 7 heteroatoms. The number of likely N-dealkylation sites (tertiary alicyclic amines) is 1. The van der Waals surface area contributed by atoms with Gasteiger partial charge in [-0.15, -0.1) is 11.3 Å². The largest absolute Gasteiger partial charge is 0.337 e. The van der Waals surface area contributed by atoms with Crippen molar-refractivity contribution in [1.29, 1.82) is 0 Å². The van der Waals surface area contributed by atoms with Gasteiger partial charge in [0.25, 0.3) is 11.5 Å². The van der Waals surface area contributed by atoms with Crippen LogP contribution < -0.4 is 5.56 Å². The van der Waals surface area contributed by atoms with E-state index < -0.39 is 0 Å². The molecule has 0 aromatic carbocycles. The van der Waals surface area contributed by atoms with Crippen molar-refractivity contribution in [3.63, 3.8) is 0 Å². The summed E-state index contributed by atoms with van der Waals surface area (Å²) in [7, 11) is 0. The van der Waals surface area contributed by atoms with Crippen LogP contribution >= 0.6 is 11.3 Å². The molecule has 1 fully saturated rings. The molecule has 2 aromatic rings. The maximum absolute atomic E-state index is 12.3. The summed E-state index contributed by atoms with van der Waals surface area (Å²) in [6.07, 6.45) is 4.89. The van der Waals surface area contributed by atoms with Crippen LogP contribution in [0.5, 0.6) is 0 Å². The molecule has 0 bridgehead atoms. The molecule has 1 aliphatic rings. The van der Waals surface area contributed by atoms with E-state index in [-0.39, 0.29) is 11.5 Å². The Hall–Kier alpha value is -2.02. The maximum atomic E-state index is 12.3. The van der Waals surface area contributed by atoms with Gasteiger partial charge < -0.3 is 4.90 Å². The lowest BCUT2D eigenvalue weighted by atomic mass is 9.96. The van der Waals surface area contributed by atoms with Crippen LogP contribution in [-0.2, 0) is 6.54 Å². The average Bonchev–Trinajstić information content (AvgIpc) is 2.96. The SMILES string of the molecule is Cc1nc(C(=O)N2CCC(Cn3cnccc3=O)CC2)cs1. The van der Waals surface area contributed by atoms with Crippen LogP contribution in [0.25, 0.3) is 0 Å². The fraction of sp³-hybridized carbons (Fsp3) is 0.467. The normalized spacial score (nSPS) is 16.0. The van der Waals surface area contributed by atoms with E-state index in [4.69, 9.17) is 0 Å². The molecule has 0 N–H and O–H groups in total. The van der Waals surface area contributed by atoms with E-state index >= 15 is 0 Å². The van der Waals surface area contributed by atoms with Gasteiger partial charge in [-0.05, 0) is 25.7 Å². The molecule has 0 aliphatic carbocycles. The molecule has 0 atom stereocenters. The molecule has 0 saturated carbocycles. The highest BCUT2D eigenvalue weighted by molar-refractivity contribution is 7.09. The molecule has 6 nitrogen and oxygen atoms in total. The topological polar surface area (TPSA) is 68.1 Å². The standard InChI is InChI=1S/C15H18N4O2S/c1-11-17-13(9-22-11)15(21)18-6-3-12(4-7-18)8-19-10-16-5-2-14(19)20/h2,5,9-10,12H,3-4,6-8H2,1H3. The summed E-state index contributed by atoms with van der Waals surface area (Å²) in [6.45, 7) is 4.01. The minimum Gasteiger partial charge on any atom is -0.337 e. The van der Waals surface area contributed by atoms with Gasteiger partial charge in [-0.1, -0.05) is 0 Å². The second-order valence-corrected chi connectivity index (χ2v) is 6.62. The fourth-order valence-electron chi connectivity index (χ4n) is 2.74. The van der Waals surface area contributed by atoms with E-state index in [0.29, 0.717) is 18.2 Å². The summed E-state index contributed by atoms with van der Waals surface area (Å²) in [4.78, 5) is 34.1. The lowest BCUT2D eigenvalue weighted by molar-refractivity contribution is 0.0677. The Bertz CT molecular complexity index is 716. The second kappa shape index (κ2) is 6.39. The van der Waals surface area contributed by atoms with Crippen LogP contribution in [0, 0.1) is 12.8 Å². The van der Waals surface area contributed by atoms with Gasteiger partial charge in [-0.25, -0.2) is 9.97 Å². The number of hydrogen-bond acceptors (Lipinski definition) is 5. The molecule has 116 valence electrons. The summed E-state index contributed by atoms with van der Waals surface area (Å²) in [5, 5.41) is 2.73. The molecule has 3 heterocycles. The van der Waals surface area contributed by atoms with Crippen LogP contribution in [0.3, 0.4) is 0 Å². The van der Waals surface area contributed by atoms with Gasteiger partial charge in [-0.3, -0.25) is 14.2 Å². The highest BCUT2D eigenvalue weighted by Crippen LogP contribution is 2.20. The summed E-state index contributed by atoms with van der Waals surface area (Å²) in [5.41, 5.74) is 0.524. The number of piperidine rings is 1. The van der Waals surface area contributed by atoms with E-state index in [9.17, 15) is 9.59 Å². The van der Waals surface area contributed by atoms with Gasteiger partial charge in [0.1, 0.15) is 5.69 Å². The summed E-state index contributed by atoms with van der Waals surface area (Å²) >= 11 is 1.50. The van der Waals surface area contributed by atoms with E-state index in [0.717, 1.165) is 30.9 Å². The Morgan fingerprint density at radius 3 is 2.82 bits per heavy atom. The molecule has 3 rings (SSSR count). The van der Waals surface area contributed by atoms with Gasteiger partial charge in [-0.2, -0.15) is 0 Å². The predicted octanol–water partition coefficient (Wildman–Crippen LogP) is 1.56. The Morgan fingerprint density at radius 2 is 2.18 bits per heavy atom. The van der Waals surface area contributed by atoms with Crippen molar-refractivity contribution in [2.24, 2.45) is 5.92 Å². The molecular weight excluding hydrogens is 300 g/mol. The van der Waals surface area contributed by atoms with Crippen LogP contribution in [0.15, 0.2) is 28.8 Å². The first kappa shape index (κ1) is 14.9. The Kier molecular flexibility index (Phi) is 4.33. The quantitative estimate of drug-likeness (QED) is 0.861. The summed E-state index contributed by atoms with van der Waals surface area (Å²) in [5.74, 6) is 0.421. The first-order chi connectivity index (χ1) is 10.6. The Morgan fingerprint density at radius 1 is 1.41 bits per heavy atom. The van der Waals surface area contributed by atoms with E-state index in [1.807, 2.05) is 17.2 Å². The van der Waals surface area contributed by atoms with Gasteiger partial charge in [0.2, 0.25) is 0 Å². The first-order valence-corrected chi connectivity index (χ1v) is 8.23. The number of aromatic nitrogens is 3. The van der Waals surface area contributed by atoms with Crippen molar-refractivity contribution in [3.8, 4) is 0 Å². The Balaban J connectivity index is 1.57. The van der Waals surface area contributed by atoms with E-state index in [1.54, 1.807) is 10.9 Å². The van der Waals surface area contributed by atoms with Gasteiger partial charge in [0, 0.05) is 37.3 Å². The molecule has 0 radical (unpaired) electrons. The predicted molar refractivity (Wildman–Crippen MR) is 84.0 cm³/mol. The van der Waals surface area contributed by atoms with Crippen LogP contribution in [-0.4, -0.2) is 38.4 Å². The number of nitrogens with zero attached hydrogens (tertiary/aromatic N) is 4. The zero-order valence-electron chi connectivity index (χ0n) is 12.4. The highest BCUT2D eigenvalue weighted by atomic mass is 32.1. The van der Waals surface area contributed by atoms with Gasteiger partial charge in [0.05, 0.1) is 11.3 Å². The molecule has 2 aromatic heterocycles. The molecule has 1 amide bonds. The third-order valence-electron chi connectivity index (χ3n) is 3.99. The number of carbonyl (C=O) groups is 1. The lowest BCUT2D eigenvalue weighted by Gasteiger charge is -2.31. The molecular formula is C15H18N4O2S. The van der Waals surface area contributed by atoms with Crippen molar-refractivity contribution in [2.45, 2.75) is 26.3 Å². The lowest BCUT2D eigenvalue weighted by Crippen LogP contribution is -2.40. The number of amides is 1. The fourth-order valence-corrected chi connectivity index (χ4v) is 3.32. The van der Waals surface area contributed by atoms with Crippen LogP contribution in [0.1, 0.15) is 28.3 Å². The zero-order valence-corrected chi connectivity index (χ0v) is 13.3. The van der Waals surface area contributed by atoms with Crippen molar-refractivity contribution in [1.82, 2.24) is 19.4 Å². The number of rotatable bonds is 3. The van der Waals surface area contributed by atoms with Crippen LogP contribution in [0.2, 0.25) is 0 Å². The second-order valence-electron chi connectivity index (χ2n) is 5.56. The highest BCUT2D eigenvalue weighted by Gasteiger charge is 2.25. The number of carbonyl (C=O) groups excluding carboxylic acids is 1. The number of hydrogen-bond donors (Lipinski definition) is 0. The summed E-state index contributed by atoms with van der Waals surface area (Å²) in [6, 6.07) is 1.48. The maximum Gasteiger partial charge on any atom is 0.273 e. The minimum atomic E-state index is -0.0218. The number of thiazole rings is 1. The van der Waals surface area contributed by atoms with Gasteiger partial charge >= 0.3 is 0 Å². The number of aryl methyl sites for hydroxylation is 1.